The fraction of sp³-hybridized carbons (Fsp3) is 0.625. The molecule has 0 aromatic heterocycles. The van der Waals surface area contributed by atoms with Gasteiger partial charge in [0.2, 0.25) is 5.75 Å². The standard InChI is InChI=1S/C24H44O7Si3/c1-18(17-32-24(30-33(5,6)7)31-34(8,9)10)15-16-29-21(25)14-12-19-11-13-20(26-2)23(28-4)22(19)27-3/h11-14,18,24H,15-17,32H2,1-10H3. The normalized spacial score (nSPS) is 13.6. The molecule has 1 aromatic carbocycles. The van der Waals surface area contributed by atoms with Gasteiger partial charge in [-0.3, -0.25) is 0 Å². The molecule has 10 heteroatoms. The van der Waals surface area contributed by atoms with Crippen molar-refractivity contribution in [1.82, 2.24) is 0 Å². The molecule has 34 heavy (non-hydrogen) atoms. The van der Waals surface area contributed by atoms with E-state index in [0.29, 0.717) is 35.3 Å². The first-order valence-electron chi connectivity index (χ1n) is 11.8. The molecule has 0 saturated carbocycles. The second-order valence-electron chi connectivity index (χ2n) is 10.3. The summed E-state index contributed by atoms with van der Waals surface area (Å²) in [5, 5.41) is 0. The summed E-state index contributed by atoms with van der Waals surface area (Å²) in [6, 6.07) is 4.66. The van der Waals surface area contributed by atoms with Gasteiger partial charge < -0.3 is 27.8 Å². The molecule has 0 fully saturated rings. The van der Waals surface area contributed by atoms with Crippen LogP contribution in [0, 0.1) is 5.92 Å². The average Bonchev–Trinajstić information content (AvgIpc) is 2.73. The highest BCUT2D eigenvalue weighted by molar-refractivity contribution is 6.71. The van der Waals surface area contributed by atoms with Crippen molar-refractivity contribution in [1.29, 1.82) is 0 Å². The number of carbonyl (C=O) groups excluding carboxylic acids is 1. The second-order valence-corrected chi connectivity index (χ2v) is 21.0. The number of methoxy groups -OCH3 is 3. The zero-order valence-electron chi connectivity index (χ0n) is 22.7. The fourth-order valence-electron chi connectivity index (χ4n) is 3.32. The molecule has 0 heterocycles. The van der Waals surface area contributed by atoms with Gasteiger partial charge in [-0.2, -0.15) is 0 Å². The van der Waals surface area contributed by atoms with Crippen LogP contribution in [0.2, 0.25) is 45.3 Å². The van der Waals surface area contributed by atoms with Crippen molar-refractivity contribution < 1.29 is 32.6 Å². The van der Waals surface area contributed by atoms with Crippen molar-refractivity contribution in [2.24, 2.45) is 5.92 Å². The van der Waals surface area contributed by atoms with E-state index in [4.69, 9.17) is 27.8 Å². The molecule has 1 rings (SSSR count). The Kier molecular flexibility index (Phi) is 12.6. The summed E-state index contributed by atoms with van der Waals surface area (Å²) in [7, 11) is 0.781. The summed E-state index contributed by atoms with van der Waals surface area (Å²) in [5.74, 6) is 1.59. The highest BCUT2D eigenvalue weighted by atomic mass is 28.4. The maximum Gasteiger partial charge on any atom is 0.330 e. The Hall–Kier alpha value is -1.60. The van der Waals surface area contributed by atoms with Gasteiger partial charge in [0.1, 0.15) is 5.91 Å². The summed E-state index contributed by atoms with van der Waals surface area (Å²) in [4.78, 5) is 12.2. The molecule has 0 saturated heterocycles. The lowest BCUT2D eigenvalue weighted by Crippen LogP contribution is -2.43. The van der Waals surface area contributed by atoms with Crippen LogP contribution in [0.5, 0.6) is 17.2 Å². The lowest BCUT2D eigenvalue weighted by atomic mass is 10.1. The van der Waals surface area contributed by atoms with Gasteiger partial charge in [-0.05, 0) is 69.8 Å². The third-order valence-electron chi connectivity index (χ3n) is 4.85. The topological polar surface area (TPSA) is 72.5 Å². The number of ether oxygens (including phenoxy) is 4. The Morgan fingerprint density at radius 3 is 2.03 bits per heavy atom. The van der Waals surface area contributed by atoms with Crippen LogP contribution in [0.1, 0.15) is 18.9 Å². The lowest BCUT2D eigenvalue weighted by Gasteiger charge is -2.32. The number of rotatable bonds is 15. The van der Waals surface area contributed by atoms with Crippen LogP contribution in [0.15, 0.2) is 18.2 Å². The highest BCUT2D eigenvalue weighted by Gasteiger charge is 2.27. The zero-order valence-corrected chi connectivity index (χ0v) is 26.1. The van der Waals surface area contributed by atoms with E-state index in [1.165, 1.54) is 6.08 Å². The fourth-order valence-corrected chi connectivity index (χ4v) is 10.2. The number of benzene rings is 1. The lowest BCUT2D eigenvalue weighted by molar-refractivity contribution is -0.137. The minimum Gasteiger partial charge on any atom is -0.493 e. The van der Waals surface area contributed by atoms with Crippen molar-refractivity contribution in [3.05, 3.63) is 23.8 Å². The molecular formula is C24H44O7Si3. The van der Waals surface area contributed by atoms with Gasteiger partial charge in [0.25, 0.3) is 0 Å². The number of esters is 1. The first-order chi connectivity index (χ1) is 15.8. The molecule has 1 atom stereocenters. The molecule has 0 bridgehead atoms. The Labute approximate surface area is 210 Å². The van der Waals surface area contributed by atoms with Crippen LogP contribution in [0.25, 0.3) is 6.08 Å². The van der Waals surface area contributed by atoms with Crippen molar-refractivity contribution in [3.63, 3.8) is 0 Å². The Morgan fingerprint density at radius 1 is 0.941 bits per heavy atom. The molecule has 194 valence electrons. The van der Waals surface area contributed by atoms with Gasteiger partial charge in [-0.15, -0.1) is 0 Å². The van der Waals surface area contributed by atoms with Crippen LogP contribution >= 0.6 is 0 Å². The summed E-state index contributed by atoms with van der Waals surface area (Å²) in [6.45, 7) is 15.8. The molecule has 0 amide bonds. The third-order valence-corrected chi connectivity index (χ3v) is 9.58. The SMILES string of the molecule is COc1ccc(C=CC(=O)OCCC(C)C[SiH2]C(O[Si](C)(C)C)O[Si](C)(C)C)c(OC)c1OC. The molecular weight excluding hydrogens is 485 g/mol. The number of carbonyl (C=O) groups is 1. The molecule has 1 aromatic rings. The quantitative estimate of drug-likeness (QED) is 0.139. The zero-order chi connectivity index (χ0) is 25.9. The monoisotopic (exact) mass is 528 g/mol. The molecule has 7 nitrogen and oxygen atoms in total. The summed E-state index contributed by atoms with van der Waals surface area (Å²) in [6.07, 6.45) is 3.88. The Morgan fingerprint density at radius 2 is 1.53 bits per heavy atom. The average molecular weight is 529 g/mol. The molecule has 1 unspecified atom stereocenters. The van der Waals surface area contributed by atoms with Crippen molar-refractivity contribution >= 4 is 38.2 Å². The third kappa shape index (κ3) is 11.7. The van der Waals surface area contributed by atoms with Crippen LogP contribution in [-0.4, -0.2) is 66.0 Å². The van der Waals surface area contributed by atoms with Crippen LogP contribution in [0.4, 0.5) is 0 Å². The maximum atomic E-state index is 12.2. The largest absolute Gasteiger partial charge is 0.493 e. The van der Waals surface area contributed by atoms with E-state index in [9.17, 15) is 4.79 Å². The minimum absolute atomic E-state index is 0.0114. The summed E-state index contributed by atoms with van der Waals surface area (Å²) < 4.78 is 34.2. The van der Waals surface area contributed by atoms with E-state index >= 15 is 0 Å². The van der Waals surface area contributed by atoms with Gasteiger partial charge in [-0.1, -0.05) is 13.0 Å². The smallest absolute Gasteiger partial charge is 0.330 e. The van der Waals surface area contributed by atoms with E-state index < -0.39 is 26.2 Å². The first kappa shape index (κ1) is 30.4. The number of hydrogen-bond donors (Lipinski definition) is 0. The first-order valence-corrected chi connectivity index (χ1v) is 20.4. The van der Waals surface area contributed by atoms with Crippen molar-refractivity contribution in [2.75, 3.05) is 27.9 Å². The van der Waals surface area contributed by atoms with Crippen molar-refractivity contribution in [2.45, 2.75) is 64.6 Å². The van der Waals surface area contributed by atoms with Crippen LogP contribution < -0.4 is 14.2 Å². The predicted octanol–water partition coefficient (Wildman–Crippen LogP) is 4.87. The van der Waals surface area contributed by atoms with Gasteiger partial charge in [0, 0.05) is 11.6 Å². The van der Waals surface area contributed by atoms with Gasteiger partial charge >= 0.3 is 5.97 Å². The predicted molar refractivity (Wildman–Crippen MR) is 146 cm³/mol. The van der Waals surface area contributed by atoms with Gasteiger partial charge in [-0.25, -0.2) is 4.79 Å². The Balaban J connectivity index is 2.57. The number of hydrogen-bond acceptors (Lipinski definition) is 7. The molecule has 0 aliphatic carbocycles. The van der Waals surface area contributed by atoms with Crippen molar-refractivity contribution in [3.8, 4) is 17.2 Å². The summed E-state index contributed by atoms with van der Waals surface area (Å²) in [5.41, 5.74) is 0.701. The minimum atomic E-state index is -1.66. The van der Waals surface area contributed by atoms with E-state index in [1.54, 1.807) is 39.5 Å². The highest BCUT2D eigenvalue weighted by Crippen LogP contribution is 2.40. The van der Waals surface area contributed by atoms with E-state index in [2.05, 4.69) is 46.2 Å². The van der Waals surface area contributed by atoms with E-state index in [-0.39, 0.29) is 11.9 Å². The van der Waals surface area contributed by atoms with E-state index in [0.717, 1.165) is 12.5 Å². The second kappa shape index (κ2) is 14.1. The molecule has 0 radical (unpaired) electrons. The van der Waals surface area contributed by atoms with Crippen LogP contribution in [-0.2, 0) is 18.4 Å². The van der Waals surface area contributed by atoms with Crippen LogP contribution in [0.3, 0.4) is 0 Å². The Bertz CT molecular complexity index is 785. The van der Waals surface area contributed by atoms with Gasteiger partial charge in [0.15, 0.2) is 28.1 Å². The summed E-state index contributed by atoms with van der Waals surface area (Å²) >= 11 is 0. The van der Waals surface area contributed by atoms with Gasteiger partial charge in [0.05, 0.1) is 37.5 Å². The molecule has 0 aliphatic heterocycles. The molecule has 0 spiro atoms. The van der Waals surface area contributed by atoms with E-state index in [1.807, 2.05) is 0 Å². The molecule has 0 N–H and O–H groups in total. The maximum absolute atomic E-state index is 12.2. The molecule has 0 aliphatic rings.